The van der Waals surface area contributed by atoms with Crippen molar-refractivity contribution in [3.8, 4) is 0 Å². The van der Waals surface area contributed by atoms with Gasteiger partial charge in [0.25, 0.3) is 0 Å². The summed E-state index contributed by atoms with van der Waals surface area (Å²) in [5, 5.41) is 16.4. The molecule has 2 fully saturated rings. The maximum absolute atomic E-state index is 12.7. The number of aryl methyl sites for hydroxylation is 2. The molecule has 142 valence electrons. The summed E-state index contributed by atoms with van der Waals surface area (Å²) < 4.78 is 1.92. The van der Waals surface area contributed by atoms with Gasteiger partial charge in [0, 0.05) is 32.0 Å². The first-order valence-corrected chi connectivity index (χ1v) is 9.98. The van der Waals surface area contributed by atoms with Crippen LogP contribution in [0, 0.1) is 5.92 Å². The Hall–Kier alpha value is -2.51. The monoisotopic (exact) mass is 368 g/mol. The molecule has 0 spiro atoms. The third-order valence-electron chi connectivity index (χ3n) is 6.23. The zero-order chi connectivity index (χ0) is 18.4. The van der Waals surface area contributed by atoms with Crippen molar-refractivity contribution in [2.45, 2.75) is 50.9 Å². The van der Waals surface area contributed by atoms with E-state index in [9.17, 15) is 9.59 Å². The van der Waals surface area contributed by atoms with E-state index in [1.54, 1.807) is 0 Å². The molecule has 0 radical (unpaired) electrons. The number of carbonyl (C=O) groups is 2. The maximum Gasteiger partial charge on any atom is 0.227 e. The van der Waals surface area contributed by atoms with Crippen molar-refractivity contribution < 1.29 is 9.59 Å². The number of likely N-dealkylation sites (tertiary alicyclic amines) is 1. The zero-order valence-corrected chi connectivity index (χ0v) is 15.4. The van der Waals surface area contributed by atoms with Crippen molar-refractivity contribution in [2.75, 3.05) is 19.6 Å². The number of nitrogens with zero attached hydrogens (tertiary/aromatic N) is 5. The largest absolute Gasteiger partial charge is 0.355 e. The molecule has 2 amide bonds. The standard InChI is InChI=1S/C19H24N6O2/c26-17-5-4-14(11-20-17)19(27)24-8-6-12(7-9-24)18-22-21-16-10-13-2-1-3-15(13)23-25(16)18/h10,12,14H,1-9,11H2,(H,20,26). The van der Waals surface area contributed by atoms with Gasteiger partial charge in [0.2, 0.25) is 11.8 Å². The highest BCUT2D eigenvalue weighted by Crippen LogP contribution is 2.29. The smallest absolute Gasteiger partial charge is 0.227 e. The van der Waals surface area contributed by atoms with E-state index >= 15 is 0 Å². The minimum Gasteiger partial charge on any atom is -0.355 e. The lowest BCUT2D eigenvalue weighted by Gasteiger charge is -2.34. The van der Waals surface area contributed by atoms with Crippen LogP contribution in [0.15, 0.2) is 6.07 Å². The van der Waals surface area contributed by atoms with Gasteiger partial charge < -0.3 is 10.2 Å². The van der Waals surface area contributed by atoms with Gasteiger partial charge in [-0.15, -0.1) is 10.2 Å². The number of nitrogens with one attached hydrogen (secondary N) is 1. The number of piperidine rings is 2. The van der Waals surface area contributed by atoms with Crippen LogP contribution >= 0.6 is 0 Å². The molecule has 2 aromatic rings. The van der Waals surface area contributed by atoms with Gasteiger partial charge in [-0.3, -0.25) is 9.59 Å². The van der Waals surface area contributed by atoms with Gasteiger partial charge in [-0.25, -0.2) is 0 Å². The van der Waals surface area contributed by atoms with Crippen molar-refractivity contribution in [1.29, 1.82) is 0 Å². The molecule has 3 aliphatic rings. The minimum atomic E-state index is -0.0718. The van der Waals surface area contributed by atoms with E-state index in [4.69, 9.17) is 5.10 Å². The Morgan fingerprint density at radius 3 is 2.74 bits per heavy atom. The normalized spacial score (nSPS) is 23.5. The van der Waals surface area contributed by atoms with Crippen LogP contribution in [-0.2, 0) is 22.4 Å². The molecule has 0 bridgehead atoms. The minimum absolute atomic E-state index is 0.0513. The fraction of sp³-hybridized carbons (Fsp3) is 0.632. The number of aromatic nitrogens is 4. The first-order chi connectivity index (χ1) is 13.2. The molecule has 1 atom stereocenters. The van der Waals surface area contributed by atoms with Crippen molar-refractivity contribution in [3.63, 3.8) is 0 Å². The van der Waals surface area contributed by atoms with Crippen LogP contribution in [-0.4, -0.2) is 56.2 Å². The molecule has 2 aliphatic heterocycles. The SMILES string of the molecule is O=C1CCC(C(=O)N2CCC(c3nnc4cc5c(nn34)CCC5)CC2)CN1. The molecule has 0 saturated carbocycles. The third-order valence-corrected chi connectivity index (χ3v) is 6.23. The molecular weight excluding hydrogens is 344 g/mol. The molecule has 2 aromatic heterocycles. The van der Waals surface area contributed by atoms with Crippen LogP contribution < -0.4 is 5.32 Å². The predicted octanol–water partition coefficient (Wildman–Crippen LogP) is 0.845. The van der Waals surface area contributed by atoms with Gasteiger partial charge in [-0.1, -0.05) is 0 Å². The first kappa shape index (κ1) is 16.6. The van der Waals surface area contributed by atoms with Gasteiger partial charge in [0.05, 0.1) is 11.6 Å². The van der Waals surface area contributed by atoms with E-state index in [1.807, 2.05) is 9.42 Å². The molecule has 1 aliphatic carbocycles. The predicted molar refractivity (Wildman–Crippen MR) is 97.1 cm³/mol. The topological polar surface area (TPSA) is 92.5 Å². The molecule has 0 aromatic carbocycles. The molecule has 2 saturated heterocycles. The molecule has 27 heavy (non-hydrogen) atoms. The van der Waals surface area contributed by atoms with E-state index in [0.29, 0.717) is 19.4 Å². The Morgan fingerprint density at radius 1 is 1.11 bits per heavy atom. The van der Waals surface area contributed by atoms with E-state index < -0.39 is 0 Å². The summed E-state index contributed by atoms with van der Waals surface area (Å²) in [5.41, 5.74) is 3.32. The van der Waals surface area contributed by atoms with Crippen LogP contribution in [0.1, 0.15) is 55.1 Å². The van der Waals surface area contributed by atoms with E-state index in [2.05, 4.69) is 21.6 Å². The Morgan fingerprint density at radius 2 is 1.96 bits per heavy atom. The van der Waals surface area contributed by atoms with Crippen LogP contribution in [0.5, 0.6) is 0 Å². The number of carbonyl (C=O) groups excluding carboxylic acids is 2. The lowest BCUT2D eigenvalue weighted by molar-refractivity contribution is -0.138. The van der Waals surface area contributed by atoms with E-state index in [-0.39, 0.29) is 23.7 Å². The summed E-state index contributed by atoms with van der Waals surface area (Å²) >= 11 is 0. The van der Waals surface area contributed by atoms with E-state index in [1.165, 1.54) is 17.7 Å². The average Bonchev–Trinajstić information content (AvgIpc) is 3.32. The van der Waals surface area contributed by atoms with Crippen LogP contribution in [0.4, 0.5) is 0 Å². The quantitative estimate of drug-likeness (QED) is 0.848. The van der Waals surface area contributed by atoms with Crippen molar-refractivity contribution in [2.24, 2.45) is 5.92 Å². The van der Waals surface area contributed by atoms with Gasteiger partial charge in [-0.05, 0) is 50.2 Å². The summed E-state index contributed by atoms with van der Waals surface area (Å²) in [4.78, 5) is 26.0. The second-order valence-electron chi connectivity index (χ2n) is 7.94. The van der Waals surface area contributed by atoms with Crippen molar-refractivity contribution in [1.82, 2.24) is 30.0 Å². The summed E-state index contributed by atoms with van der Waals surface area (Å²) in [7, 11) is 0. The fourth-order valence-corrected chi connectivity index (χ4v) is 4.61. The van der Waals surface area contributed by atoms with Gasteiger partial charge in [0.1, 0.15) is 0 Å². The Labute approximate surface area is 157 Å². The Balaban J connectivity index is 1.27. The number of hydrogen-bond acceptors (Lipinski definition) is 5. The second-order valence-corrected chi connectivity index (χ2v) is 7.94. The van der Waals surface area contributed by atoms with Gasteiger partial charge in [0.15, 0.2) is 11.5 Å². The highest BCUT2D eigenvalue weighted by molar-refractivity contribution is 5.83. The van der Waals surface area contributed by atoms with Crippen molar-refractivity contribution >= 4 is 17.5 Å². The molecule has 5 rings (SSSR count). The zero-order valence-electron chi connectivity index (χ0n) is 15.4. The summed E-state index contributed by atoms with van der Waals surface area (Å²) in [5.74, 6) is 1.36. The van der Waals surface area contributed by atoms with Gasteiger partial charge in [-0.2, -0.15) is 9.61 Å². The molecule has 8 nitrogen and oxygen atoms in total. The lowest BCUT2D eigenvalue weighted by Crippen LogP contribution is -2.47. The summed E-state index contributed by atoms with van der Waals surface area (Å²) in [6.45, 7) is 1.93. The molecular formula is C19H24N6O2. The molecule has 1 N–H and O–H groups in total. The molecule has 1 unspecified atom stereocenters. The van der Waals surface area contributed by atoms with Gasteiger partial charge >= 0.3 is 0 Å². The summed E-state index contributed by atoms with van der Waals surface area (Å²) in [6.07, 6.45) is 6.16. The number of rotatable bonds is 2. The Bertz CT molecular complexity index is 889. The average molecular weight is 368 g/mol. The Kier molecular flexibility index (Phi) is 4.06. The lowest BCUT2D eigenvalue weighted by atomic mass is 9.93. The van der Waals surface area contributed by atoms with E-state index in [0.717, 1.165) is 50.2 Å². The van der Waals surface area contributed by atoms with Crippen molar-refractivity contribution in [3.05, 3.63) is 23.1 Å². The third kappa shape index (κ3) is 2.96. The molecule has 8 heteroatoms. The highest BCUT2D eigenvalue weighted by atomic mass is 16.2. The number of amides is 2. The number of fused-ring (bicyclic) bond motifs is 2. The highest BCUT2D eigenvalue weighted by Gasteiger charge is 2.32. The van der Waals surface area contributed by atoms with Crippen LogP contribution in [0.25, 0.3) is 5.65 Å². The summed E-state index contributed by atoms with van der Waals surface area (Å²) in [6, 6.07) is 2.13. The van der Waals surface area contributed by atoms with Crippen LogP contribution in [0.3, 0.4) is 0 Å². The van der Waals surface area contributed by atoms with Crippen LogP contribution in [0.2, 0.25) is 0 Å². The maximum atomic E-state index is 12.7. The fourth-order valence-electron chi connectivity index (χ4n) is 4.61. The first-order valence-electron chi connectivity index (χ1n) is 9.98. The second kappa shape index (κ2) is 6.58. The number of hydrogen-bond donors (Lipinski definition) is 1. The molecule has 4 heterocycles.